The van der Waals surface area contributed by atoms with Crippen LogP contribution in [0, 0.1) is 5.92 Å². The second-order valence-electron chi connectivity index (χ2n) is 6.28. The van der Waals surface area contributed by atoms with Gasteiger partial charge in [0, 0.05) is 51.7 Å². The van der Waals surface area contributed by atoms with Crippen molar-refractivity contribution in [2.24, 2.45) is 5.92 Å². The molecule has 20 heavy (non-hydrogen) atoms. The molecule has 2 fully saturated rings. The molecule has 5 heteroatoms. The van der Waals surface area contributed by atoms with Crippen LogP contribution < -0.4 is 5.32 Å². The van der Waals surface area contributed by atoms with Crippen LogP contribution in [0.25, 0.3) is 0 Å². The van der Waals surface area contributed by atoms with Crippen molar-refractivity contribution < 1.29 is 9.53 Å². The van der Waals surface area contributed by atoms with Gasteiger partial charge >= 0.3 is 0 Å². The maximum absolute atomic E-state index is 12.5. The smallest absolute Gasteiger partial charge is 0.224 e. The Kier molecular flexibility index (Phi) is 6.26. The van der Waals surface area contributed by atoms with Crippen LogP contribution in [0.4, 0.5) is 0 Å². The molecular formula is C15H29N3O2. The molecule has 1 atom stereocenters. The number of piperazine rings is 1. The summed E-state index contributed by atoms with van der Waals surface area (Å²) in [7, 11) is 0. The largest absolute Gasteiger partial charge is 0.379 e. The molecule has 1 amide bonds. The molecule has 0 aromatic carbocycles. The molecule has 0 bridgehead atoms. The second-order valence-corrected chi connectivity index (χ2v) is 6.28. The number of amides is 1. The minimum absolute atomic E-state index is 0.323. The SMILES string of the molecule is CC(C)CC1CNCCN1C(=O)CCN1CCOCC1. The van der Waals surface area contributed by atoms with Crippen molar-refractivity contribution in [3.05, 3.63) is 0 Å². The molecule has 0 saturated carbocycles. The molecule has 2 aliphatic heterocycles. The van der Waals surface area contributed by atoms with E-state index in [9.17, 15) is 4.79 Å². The van der Waals surface area contributed by atoms with E-state index in [4.69, 9.17) is 4.74 Å². The van der Waals surface area contributed by atoms with Gasteiger partial charge in [0.05, 0.1) is 13.2 Å². The van der Waals surface area contributed by atoms with Crippen LogP contribution in [0.15, 0.2) is 0 Å². The summed E-state index contributed by atoms with van der Waals surface area (Å²) in [5.41, 5.74) is 0. The Hall–Kier alpha value is -0.650. The monoisotopic (exact) mass is 283 g/mol. The number of rotatable bonds is 5. The van der Waals surface area contributed by atoms with Crippen molar-refractivity contribution in [1.29, 1.82) is 0 Å². The summed E-state index contributed by atoms with van der Waals surface area (Å²) in [6.07, 6.45) is 1.74. The standard InChI is InChI=1S/C15H29N3O2/c1-13(2)11-14-12-16-4-6-18(14)15(19)3-5-17-7-9-20-10-8-17/h13-14,16H,3-12H2,1-2H3. The topological polar surface area (TPSA) is 44.8 Å². The third-order valence-electron chi connectivity index (χ3n) is 4.16. The number of hydrogen-bond acceptors (Lipinski definition) is 4. The summed E-state index contributed by atoms with van der Waals surface area (Å²) < 4.78 is 5.34. The number of nitrogens with one attached hydrogen (secondary N) is 1. The summed E-state index contributed by atoms with van der Waals surface area (Å²) in [5.74, 6) is 0.957. The minimum Gasteiger partial charge on any atom is -0.379 e. The normalized spacial score (nSPS) is 25.1. The van der Waals surface area contributed by atoms with Crippen LogP contribution in [0.5, 0.6) is 0 Å². The van der Waals surface area contributed by atoms with Crippen LogP contribution in [0.1, 0.15) is 26.7 Å². The Bertz CT molecular complexity index is 303. The molecule has 0 aromatic rings. The zero-order valence-electron chi connectivity index (χ0n) is 12.9. The van der Waals surface area contributed by atoms with Gasteiger partial charge in [-0.25, -0.2) is 0 Å². The van der Waals surface area contributed by atoms with Crippen LogP contribution in [-0.2, 0) is 9.53 Å². The highest BCUT2D eigenvalue weighted by Gasteiger charge is 2.27. The summed E-state index contributed by atoms with van der Waals surface area (Å²) in [6.45, 7) is 11.6. The Morgan fingerprint density at radius 1 is 1.30 bits per heavy atom. The summed E-state index contributed by atoms with van der Waals surface area (Å²) in [4.78, 5) is 16.9. The maximum Gasteiger partial charge on any atom is 0.224 e. The highest BCUT2D eigenvalue weighted by molar-refractivity contribution is 5.76. The third-order valence-corrected chi connectivity index (χ3v) is 4.16. The van der Waals surface area contributed by atoms with Gasteiger partial charge in [0.15, 0.2) is 0 Å². The summed E-state index contributed by atoms with van der Waals surface area (Å²) in [5, 5.41) is 3.41. The van der Waals surface area contributed by atoms with Crippen molar-refractivity contribution >= 4 is 5.91 Å². The predicted molar refractivity (Wildman–Crippen MR) is 79.7 cm³/mol. The first-order valence-corrected chi connectivity index (χ1v) is 7.97. The first kappa shape index (κ1) is 15.7. The lowest BCUT2D eigenvalue weighted by Crippen LogP contribution is -2.54. The van der Waals surface area contributed by atoms with Crippen LogP contribution in [0.3, 0.4) is 0 Å². The van der Waals surface area contributed by atoms with E-state index in [1.807, 2.05) is 0 Å². The number of carbonyl (C=O) groups is 1. The average molecular weight is 283 g/mol. The lowest BCUT2D eigenvalue weighted by Gasteiger charge is -2.38. The molecule has 0 aromatic heterocycles. The van der Waals surface area contributed by atoms with Gasteiger partial charge < -0.3 is 15.0 Å². The number of hydrogen-bond donors (Lipinski definition) is 1. The van der Waals surface area contributed by atoms with Crippen molar-refractivity contribution in [3.63, 3.8) is 0 Å². The van der Waals surface area contributed by atoms with Crippen molar-refractivity contribution in [3.8, 4) is 0 Å². The van der Waals surface area contributed by atoms with E-state index in [2.05, 4.69) is 29.0 Å². The Morgan fingerprint density at radius 2 is 2.05 bits per heavy atom. The zero-order chi connectivity index (χ0) is 14.4. The van der Waals surface area contributed by atoms with E-state index in [1.165, 1.54) is 0 Å². The van der Waals surface area contributed by atoms with Gasteiger partial charge in [-0.1, -0.05) is 13.8 Å². The fraction of sp³-hybridized carbons (Fsp3) is 0.933. The van der Waals surface area contributed by atoms with Crippen molar-refractivity contribution in [1.82, 2.24) is 15.1 Å². The zero-order valence-corrected chi connectivity index (χ0v) is 12.9. The Balaban J connectivity index is 1.79. The van der Waals surface area contributed by atoms with Gasteiger partial charge in [0.25, 0.3) is 0 Å². The number of carbonyl (C=O) groups excluding carboxylic acids is 1. The highest BCUT2D eigenvalue weighted by atomic mass is 16.5. The van der Waals surface area contributed by atoms with Crippen LogP contribution >= 0.6 is 0 Å². The van der Waals surface area contributed by atoms with Crippen molar-refractivity contribution in [2.75, 3.05) is 52.5 Å². The quantitative estimate of drug-likeness (QED) is 0.800. The molecule has 0 aliphatic carbocycles. The first-order chi connectivity index (χ1) is 9.66. The minimum atomic E-state index is 0.323. The lowest BCUT2D eigenvalue weighted by molar-refractivity contribution is -0.135. The molecular weight excluding hydrogens is 254 g/mol. The van der Waals surface area contributed by atoms with Gasteiger partial charge in [-0.2, -0.15) is 0 Å². The van der Waals surface area contributed by atoms with Gasteiger partial charge in [-0.05, 0) is 12.3 Å². The molecule has 1 unspecified atom stereocenters. The van der Waals surface area contributed by atoms with E-state index in [0.717, 1.165) is 58.9 Å². The van der Waals surface area contributed by atoms with Crippen molar-refractivity contribution in [2.45, 2.75) is 32.7 Å². The molecule has 2 aliphatic rings. The molecule has 0 radical (unpaired) electrons. The number of ether oxygens (including phenoxy) is 1. The van der Waals surface area contributed by atoms with Gasteiger partial charge in [-0.3, -0.25) is 9.69 Å². The van der Waals surface area contributed by atoms with Gasteiger partial charge in [0.2, 0.25) is 5.91 Å². The maximum atomic E-state index is 12.5. The Labute approximate surface area is 122 Å². The molecule has 5 nitrogen and oxygen atoms in total. The van der Waals surface area contributed by atoms with Gasteiger partial charge in [-0.15, -0.1) is 0 Å². The fourth-order valence-electron chi connectivity index (χ4n) is 3.07. The van der Waals surface area contributed by atoms with Gasteiger partial charge in [0.1, 0.15) is 0 Å². The first-order valence-electron chi connectivity index (χ1n) is 7.97. The highest BCUT2D eigenvalue weighted by Crippen LogP contribution is 2.15. The number of nitrogens with zero attached hydrogens (tertiary/aromatic N) is 2. The molecule has 2 saturated heterocycles. The Morgan fingerprint density at radius 3 is 2.75 bits per heavy atom. The van der Waals surface area contributed by atoms with E-state index in [-0.39, 0.29) is 0 Å². The third kappa shape index (κ3) is 4.72. The molecule has 0 spiro atoms. The average Bonchev–Trinajstić information content (AvgIpc) is 2.46. The lowest BCUT2D eigenvalue weighted by atomic mass is 10.0. The summed E-state index contributed by atoms with van der Waals surface area (Å²) >= 11 is 0. The number of morpholine rings is 1. The van der Waals surface area contributed by atoms with E-state index >= 15 is 0 Å². The van der Waals surface area contributed by atoms with E-state index in [1.54, 1.807) is 0 Å². The molecule has 2 heterocycles. The predicted octanol–water partition coefficient (Wildman–Crippen LogP) is 0.555. The molecule has 1 N–H and O–H groups in total. The molecule has 116 valence electrons. The van der Waals surface area contributed by atoms with E-state index < -0.39 is 0 Å². The fourth-order valence-corrected chi connectivity index (χ4v) is 3.07. The van der Waals surface area contributed by atoms with E-state index in [0.29, 0.717) is 24.3 Å². The second kappa shape index (κ2) is 7.96. The molecule has 2 rings (SSSR count). The van der Waals surface area contributed by atoms with Crippen LogP contribution in [0.2, 0.25) is 0 Å². The summed E-state index contributed by atoms with van der Waals surface area (Å²) in [6, 6.07) is 0.376. The van der Waals surface area contributed by atoms with Crippen LogP contribution in [-0.4, -0.2) is 74.2 Å².